The van der Waals surface area contributed by atoms with Crippen molar-refractivity contribution in [1.82, 2.24) is 4.90 Å². The molecule has 3 heteroatoms. The van der Waals surface area contributed by atoms with E-state index in [0.717, 1.165) is 13.0 Å². The first-order chi connectivity index (χ1) is 6.86. The quantitative estimate of drug-likeness (QED) is 0.707. The SMILES string of the molecule is O[C@@H]1c2ccsc2CN2CCCC[C@H]12. The smallest absolute Gasteiger partial charge is 0.0956 e. The summed E-state index contributed by atoms with van der Waals surface area (Å²) in [6.07, 6.45) is 3.50. The minimum absolute atomic E-state index is 0.231. The molecule has 2 atom stereocenters. The van der Waals surface area contributed by atoms with E-state index in [0.29, 0.717) is 6.04 Å². The second-order valence-corrected chi connectivity index (χ2v) is 5.28. The third-order valence-corrected chi connectivity index (χ3v) is 4.40. The van der Waals surface area contributed by atoms with Crippen LogP contribution in [0, 0.1) is 0 Å². The molecule has 0 aromatic carbocycles. The maximum absolute atomic E-state index is 10.2. The third-order valence-electron chi connectivity index (χ3n) is 3.47. The highest BCUT2D eigenvalue weighted by molar-refractivity contribution is 7.10. The molecule has 0 unspecified atom stereocenters. The van der Waals surface area contributed by atoms with E-state index in [9.17, 15) is 5.11 Å². The molecule has 3 heterocycles. The highest BCUT2D eigenvalue weighted by atomic mass is 32.1. The molecule has 76 valence electrons. The van der Waals surface area contributed by atoms with Crippen LogP contribution in [0.25, 0.3) is 0 Å². The van der Waals surface area contributed by atoms with Gasteiger partial charge in [0.15, 0.2) is 0 Å². The van der Waals surface area contributed by atoms with Crippen molar-refractivity contribution in [1.29, 1.82) is 0 Å². The van der Waals surface area contributed by atoms with Crippen LogP contribution < -0.4 is 0 Å². The van der Waals surface area contributed by atoms with E-state index in [1.807, 2.05) is 0 Å². The molecule has 2 nitrogen and oxygen atoms in total. The van der Waals surface area contributed by atoms with Gasteiger partial charge in [0.2, 0.25) is 0 Å². The van der Waals surface area contributed by atoms with Crippen LogP contribution in [-0.2, 0) is 6.54 Å². The molecular formula is C11H15NOS. The summed E-state index contributed by atoms with van der Waals surface area (Å²) in [5.74, 6) is 0. The molecule has 0 spiro atoms. The Morgan fingerprint density at radius 2 is 2.36 bits per heavy atom. The molecule has 2 aliphatic heterocycles. The molecule has 1 N–H and O–H groups in total. The Bertz CT molecular complexity index is 336. The number of hydrogen-bond acceptors (Lipinski definition) is 3. The molecule has 2 aliphatic rings. The van der Waals surface area contributed by atoms with Crippen LogP contribution in [0.2, 0.25) is 0 Å². The van der Waals surface area contributed by atoms with Gasteiger partial charge < -0.3 is 5.11 Å². The average molecular weight is 209 g/mol. The van der Waals surface area contributed by atoms with Gasteiger partial charge in [0.25, 0.3) is 0 Å². The Hall–Kier alpha value is -0.380. The van der Waals surface area contributed by atoms with Crippen molar-refractivity contribution in [2.75, 3.05) is 6.54 Å². The maximum Gasteiger partial charge on any atom is 0.0956 e. The van der Waals surface area contributed by atoms with Gasteiger partial charge in [-0.3, -0.25) is 4.90 Å². The lowest BCUT2D eigenvalue weighted by Crippen LogP contribution is -2.45. The molecular weight excluding hydrogens is 194 g/mol. The van der Waals surface area contributed by atoms with E-state index in [2.05, 4.69) is 16.3 Å². The summed E-state index contributed by atoms with van der Waals surface area (Å²) >= 11 is 1.78. The molecule has 3 rings (SSSR count). The fraction of sp³-hybridized carbons (Fsp3) is 0.636. The second-order valence-electron chi connectivity index (χ2n) is 4.28. The van der Waals surface area contributed by atoms with Gasteiger partial charge in [-0.1, -0.05) is 6.42 Å². The van der Waals surface area contributed by atoms with Crippen LogP contribution in [-0.4, -0.2) is 22.6 Å². The van der Waals surface area contributed by atoms with Crippen molar-refractivity contribution >= 4 is 11.3 Å². The Labute approximate surface area is 88.2 Å². The van der Waals surface area contributed by atoms with Crippen molar-refractivity contribution in [3.63, 3.8) is 0 Å². The highest BCUT2D eigenvalue weighted by Gasteiger charge is 2.35. The first kappa shape index (κ1) is 8.89. The number of piperidine rings is 1. The largest absolute Gasteiger partial charge is 0.387 e. The van der Waals surface area contributed by atoms with Gasteiger partial charge in [-0.15, -0.1) is 11.3 Å². The lowest BCUT2D eigenvalue weighted by molar-refractivity contribution is 0.00753. The van der Waals surface area contributed by atoms with Gasteiger partial charge in [-0.05, 0) is 36.4 Å². The molecule has 14 heavy (non-hydrogen) atoms. The van der Waals surface area contributed by atoms with Crippen LogP contribution in [0.3, 0.4) is 0 Å². The predicted molar refractivity (Wildman–Crippen MR) is 57.3 cm³/mol. The van der Waals surface area contributed by atoms with E-state index >= 15 is 0 Å². The number of aliphatic hydroxyl groups excluding tert-OH is 1. The lowest BCUT2D eigenvalue weighted by Gasteiger charge is -2.41. The Morgan fingerprint density at radius 1 is 1.43 bits per heavy atom. The molecule has 1 aromatic rings. The van der Waals surface area contributed by atoms with Crippen molar-refractivity contribution < 1.29 is 5.11 Å². The standard InChI is InChI=1S/C11H15NOS/c13-11-8-4-6-14-10(8)7-12-5-2-1-3-9(11)12/h4,6,9,11,13H,1-3,5,7H2/t9-,11-/m1/s1. The molecule has 0 aliphatic carbocycles. The van der Waals surface area contributed by atoms with E-state index in [1.165, 1.54) is 29.8 Å². The Balaban J connectivity index is 1.96. The number of thiophene rings is 1. The summed E-state index contributed by atoms with van der Waals surface area (Å²) < 4.78 is 0. The number of fused-ring (bicyclic) bond motifs is 2. The summed E-state index contributed by atoms with van der Waals surface area (Å²) in [5.41, 5.74) is 1.19. The van der Waals surface area contributed by atoms with Gasteiger partial charge in [0, 0.05) is 17.5 Å². The van der Waals surface area contributed by atoms with Crippen LogP contribution in [0.4, 0.5) is 0 Å². The van der Waals surface area contributed by atoms with Gasteiger partial charge in [0.05, 0.1) is 6.10 Å². The minimum Gasteiger partial charge on any atom is -0.387 e. The molecule has 0 bridgehead atoms. The molecule has 0 saturated carbocycles. The van der Waals surface area contributed by atoms with Gasteiger partial charge in [-0.2, -0.15) is 0 Å². The summed E-state index contributed by atoms with van der Waals surface area (Å²) in [6.45, 7) is 2.23. The predicted octanol–water partition coefficient (Wildman–Crippen LogP) is 2.15. The van der Waals surface area contributed by atoms with Crippen LogP contribution in [0.5, 0.6) is 0 Å². The first-order valence-electron chi connectivity index (χ1n) is 5.34. The van der Waals surface area contributed by atoms with Crippen LogP contribution in [0.1, 0.15) is 35.8 Å². The van der Waals surface area contributed by atoms with Gasteiger partial charge in [0.1, 0.15) is 0 Å². The summed E-state index contributed by atoms with van der Waals surface area (Å²) in [5, 5.41) is 12.3. The zero-order chi connectivity index (χ0) is 9.54. The van der Waals surface area contributed by atoms with E-state index in [4.69, 9.17) is 0 Å². The second kappa shape index (κ2) is 3.33. The van der Waals surface area contributed by atoms with Crippen molar-refractivity contribution in [2.45, 2.75) is 38.0 Å². The van der Waals surface area contributed by atoms with Crippen molar-refractivity contribution in [3.8, 4) is 0 Å². The van der Waals surface area contributed by atoms with Gasteiger partial charge in [-0.25, -0.2) is 0 Å². The number of hydrogen-bond donors (Lipinski definition) is 1. The number of nitrogens with zero attached hydrogens (tertiary/aromatic N) is 1. The first-order valence-corrected chi connectivity index (χ1v) is 6.22. The zero-order valence-corrected chi connectivity index (χ0v) is 8.96. The molecule has 0 radical (unpaired) electrons. The average Bonchev–Trinajstić information content (AvgIpc) is 2.66. The van der Waals surface area contributed by atoms with Crippen molar-refractivity contribution in [2.24, 2.45) is 0 Å². The van der Waals surface area contributed by atoms with Crippen LogP contribution in [0.15, 0.2) is 11.4 Å². The molecule has 1 saturated heterocycles. The maximum atomic E-state index is 10.2. The topological polar surface area (TPSA) is 23.5 Å². The highest BCUT2D eigenvalue weighted by Crippen LogP contribution is 2.38. The van der Waals surface area contributed by atoms with E-state index in [-0.39, 0.29) is 6.10 Å². The van der Waals surface area contributed by atoms with Crippen LogP contribution >= 0.6 is 11.3 Å². The third kappa shape index (κ3) is 1.23. The summed E-state index contributed by atoms with van der Waals surface area (Å²) in [7, 11) is 0. The molecule has 1 fully saturated rings. The van der Waals surface area contributed by atoms with E-state index in [1.54, 1.807) is 11.3 Å². The summed E-state index contributed by atoms with van der Waals surface area (Å²) in [4.78, 5) is 3.82. The fourth-order valence-electron chi connectivity index (χ4n) is 2.70. The fourth-order valence-corrected chi connectivity index (χ4v) is 3.65. The number of rotatable bonds is 0. The lowest BCUT2D eigenvalue weighted by atomic mass is 9.90. The Kier molecular flexibility index (Phi) is 2.11. The van der Waals surface area contributed by atoms with Gasteiger partial charge >= 0.3 is 0 Å². The van der Waals surface area contributed by atoms with Crippen molar-refractivity contribution in [3.05, 3.63) is 21.9 Å². The molecule has 1 aromatic heterocycles. The minimum atomic E-state index is -0.231. The summed E-state index contributed by atoms with van der Waals surface area (Å²) in [6, 6.07) is 2.49. The Morgan fingerprint density at radius 3 is 3.29 bits per heavy atom. The van der Waals surface area contributed by atoms with E-state index < -0.39 is 0 Å². The normalized spacial score (nSPS) is 32.4. The molecule has 0 amide bonds. The zero-order valence-electron chi connectivity index (χ0n) is 8.15. The number of aliphatic hydroxyl groups is 1. The monoisotopic (exact) mass is 209 g/mol.